The zero-order valence-corrected chi connectivity index (χ0v) is 7.64. The normalized spacial score (nSPS) is 11.9. The number of hydrogen-bond donors (Lipinski definition) is 1. The molecule has 0 heterocycles. The fourth-order valence-electron chi connectivity index (χ4n) is 0.811. The third kappa shape index (κ3) is 7.03. The number of hydrazone groups is 1. The van der Waals surface area contributed by atoms with Crippen molar-refractivity contribution in [2.24, 2.45) is 11.0 Å². The first kappa shape index (κ1) is 10.1. The van der Waals surface area contributed by atoms with Crippen molar-refractivity contribution in [2.75, 3.05) is 0 Å². The Hall–Kier alpha value is -0.860. The van der Waals surface area contributed by atoms with Gasteiger partial charge < -0.3 is 0 Å². The number of carbonyl (C=O) groups excluding carboxylic acids is 1. The Morgan fingerprint density at radius 1 is 1.45 bits per heavy atom. The van der Waals surface area contributed by atoms with E-state index >= 15 is 0 Å². The summed E-state index contributed by atoms with van der Waals surface area (Å²) in [5.41, 5.74) is 3.37. The van der Waals surface area contributed by atoms with E-state index in [0.29, 0.717) is 5.92 Å². The van der Waals surface area contributed by atoms with Crippen molar-refractivity contribution in [1.29, 1.82) is 0 Å². The molecular formula is C8H16N2O. The second-order valence-electron chi connectivity index (χ2n) is 3.11. The van der Waals surface area contributed by atoms with Gasteiger partial charge in [0.1, 0.15) is 0 Å². The second kappa shape index (κ2) is 4.88. The predicted octanol–water partition coefficient (Wildman–Crippen LogP) is 1.54. The zero-order chi connectivity index (χ0) is 8.85. The largest absolute Gasteiger partial charge is 0.274 e. The average Bonchev–Trinajstić information content (AvgIpc) is 1.82. The number of hydrogen-bond acceptors (Lipinski definition) is 2. The summed E-state index contributed by atoms with van der Waals surface area (Å²) in [7, 11) is 0. The van der Waals surface area contributed by atoms with Crippen molar-refractivity contribution in [3.05, 3.63) is 0 Å². The quantitative estimate of drug-likeness (QED) is 0.489. The lowest BCUT2D eigenvalue weighted by Gasteiger charge is -2.02. The van der Waals surface area contributed by atoms with Gasteiger partial charge in [-0.1, -0.05) is 13.8 Å². The topological polar surface area (TPSA) is 41.5 Å². The molecule has 64 valence electrons. The van der Waals surface area contributed by atoms with Gasteiger partial charge in [-0.2, -0.15) is 5.10 Å². The van der Waals surface area contributed by atoms with E-state index in [9.17, 15) is 4.79 Å². The summed E-state index contributed by atoms with van der Waals surface area (Å²) in [6.45, 7) is 7.60. The maximum atomic E-state index is 10.4. The van der Waals surface area contributed by atoms with Gasteiger partial charge in [0.05, 0.1) is 0 Å². The Bertz CT molecular complexity index is 161. The van der Waals surface area contributed by atoms with Crippen LogP contribution in [0.3, 0.4) is 0 Å². The SMILES string of the molecule is CC(=O)N/N=C(\C)CC(C)C. The molecular weight excluding hydrogens is 140 g/mol. The molecule has 1 N–H and O–H groups in total. The van der Waals surface area contributed by atoms with Crippen molar-refractivity contribution in [3.8, 4) is 0 Å². The molecule has 3 nitrogen and oxygen atoms in total. The highest BCUT2D eigenvalue weighted by atomic mass is 16.2. The number of nitrogens with one attached hydrogen (secondary N) is 1. The minimum absolute atomic E-state index is 0.117. The molecule has 0 saturated heterocycles. The van der Waals surface area contributed by atoms with Crippen LogP contribution in [-0.4, -0.2) is 11.6 Å². The lowest BCUT2D eigenvalue weighted by atomic mass is 10.1. The van der Waals surface area contributed by atoms with Crippen LogP contribution in [-0.2, 0) is 4.79 Å². The highest BCUT2D eigenvalue weighted by Crippen LogP contribution is 1.99. The van der Waals surface area contributed by atoms with Crippen molar-refractivity contribution in [3.63, 3.8) is 0 Å². The maximum Gasteiger partial charge on any atom is 0.236 e. The molecule has 0 bridgehead atoms. The average molecular weight is 156 g/mol. The van der Waals surface area contributed by atoms with Gasteiger partial charge in [-0.25, -0.2) is 5.43 Å². The molecule has 0 aliphatic rings. The first-order valence-corrected chi connectivity index (χ1v) is 3.82. The Morgan fingerprint density at radius 2 is 2.00 bits per heavy atom. The first-order chi connectivity index (χ1) is 5.02. The van der Waals surface area contributed by atoms with Gasteiger partial charge in [-0.05, 0) is 19.3 Å². The summed E-state index contributed by atoms with van der Waals surface area (Å²) in [5, 5.41) is 3.88. The van der Waals surface area contributed by atoms with E-state index in [0.717, 1.165) is 12.1 Å². The number of carbonyl (C=O) groups is 1. The van der Waals surface area contributed by atoms with E-state index in [-0.39, 0.29) is 5.91 Å². The fourth-order valence-corrected chi connectivity index (χ4v) is 0.811. The molecule has 0 aromatic rings. The smallest absolute Gasteiger partial charge is 0.236 e. The molecule has 3 heteroatoms. The van der Waals surface area contributed by atoms with E-state index in [2.05, 4.69) is 24.4 Å². The minimum atomic E-state index is -0.117. The first-order valence-electron chi connectivity index (χ1n) is 3.82. The van der Waals surface area contributed by atoms with Crippen molar-refractivity contribution in [2.45, 2.75) is 34.1 Å². The van der Waals surface area contributed by atoms with Crippen LogP contribution in [0.4, 0.5) is 0 Å². The zero-order valence-electron chi connectivity index (χ0n) is 7.64. The van der Waals surface area contributed by atoms with Crippen LogP contribution in [0.25, 0.3) is 0 Å². The van der Waals surface area contributed by atoms with Crippen LogP contribution in [0.5, 0.6) is 0 Å². The summed E-state index contributed by atoms with van der Waals surface area (Å²) in [6.07, 6.45) is 0.931. The standard InChI is InChI=1S/C8H16N2O/c1-6(2)5-7(3)9-10-8(4)11/h6H,5H2,1-4H3,(H,10,11)/b9-7+. The van der Waals surface area contributed by atoms with Crippen molar-refractivity contribution in [1.82, 2.24) is 5.43 Å². The van der Waals surface area contributed by atoms with Crippen LogP contribution in [0, 0.1) is 5.92 Å². The summed E-state index contributed by atoms with van der Waals surface area (Å²) < 4.78 is 0. The predicted molar refractivity (Wildman–Crippen MR) is 46.4 cm³/mol. The van der Waals surface area contributed by atoms with E-state index < -0.39 is 0 Å². The molecule has 0 saturated carbocycles. The van der Waals surface area contributed by atoms with Crippen LogP contribution < -0.4 is 5.43 Å². The van der Waals surface area contributed by atoms with Crippen LogP contribution in [0.15, 0.2) is 5.10 Å². The Labute approximate surface area is 67.9 Å². The monoisotopic (exact) mass is 156 g/mol. The third-order valence-electron chi connectivity index (χ3n) is 1.11. The maximum absolute atomic E-state index is 10.4. The van der Waals surface area contributed by atoms with Crippen LogP contribution in [0.2, 0.25) is 0 Å². The van der Waals surface area contributed by atoms with Gasteiger partial charge in [0, 0.05) is 12.6 Å². The Morgan fingerprint density at radius 3 is 2.36 bits per heavy atom. The Kier molecular flexibility index (Phi) is 4.50. The molecule has 0 aromatic heterocycles. The molecule has 0 atom stereocenters. The summed E-state index contributed by atoms with van der Waals surface area (Å²) in [5.74, 6) is 0.473. The molecule has 0 spiro atoms. The van der Waals surface area contributed by atoms with Crippen LogP contribution >= 0.6 is 0 Å². The molecule has 0 fully saturated rings. The van der Waals surface area contributed by atoms with E-state index in [1.165, 1.54) is 6.92 Å². The Balaban J connectivity index is 3.72. The summed E-state index contributed by atoms with van der Waals surface area (Å²) in [6, 6.07) is 0. The molecule has 0 rings (SSSR count). The highest BCUT2D eigenvalue weighted by molar-refractivity contribution is 5.83. The van der Waals surface area contributed by atoms with Gasteiger partial charge >= 0.3 is 0 Å². The van der Waals surface area contributed by atoms with Gasteiger partial charge in [-0.15, -0.1) is 0 Å². The summed E-state index contributed by atoms with van der Waals surface area (Å²) >= 11 is 0. The van der Waals surface area contributed by atoms with Crippen molar-refractivity contribution >= 4 is 11.6 Å². The molecule has 0 unspecified atom stereocenters. The van der Waals surface area contributed by atoms with E-state index in [4.69, 9.17) is 0 Å². The lowest BCUT2D eigenvalue weighted by molar-refractivity contribution is -0.118. The van der Waals surface area contributed by atoms with Gasteiger partial charge in [0.15, 0.2) is 0 Å². The van der Waals surface area contributed by atoms with E-state index in [1.54, 1.807) is 0 Å². The van der Waals surface area contributed by atoms with E-state index in [1.807, 2.05) is 6.92 Å². The van der Waals surface area contributed by atoms with Crippen molar-refractivity contribution < 1.29 is 4.79 Å². The second-order valence-corrected chi connectivity index (χ2v) is 3.11. The molecule has 0 aliphatic heterocycles. The van der Waals surface area contributed by atoms with Gasteiger partial charge in [-0.3, -0.25) is 4.79 Å². The highest BCUT2D eigenvalue weighted by Gasteiger charge is 1.96. The minimum Gasteiger partial charge on any atom is -0.274 e. The number of rotatable bonds is 3. The molecule has 11 heavy (non-hydrogen) atoms. The molecule has 0 aliphatic carbocycles. The molecule has 1 amide bonds. The fraction of sp³-hybridized carbons (Fsp3) is 0.750. The van der Waals surface area contributed by atoms with Gasteiger partial charge in [0.2, 0.25) is 5.91 Å². The summed E-state index contributed by atoms with van der Waals surface area (Å²) in [4.78, 5) is 10.4. The van der Waals surface area contributed by atoms with Gasteiger partial charge in [0.25, 0.3) is 0 Å². The molecule has 0 radical (unpaired) electrons. The molecule has 0 aromatic carbocycles. The third-order valence-corrected chi connectivity index (χ3v) is 1.11. The van der Waals surface area contributed by atoms with Crippen LogP contribution in [0.1, 0.15) is 34.1 Å². The number of nitrogens with zero attached hydrogens (tertiary/aromatic N) is 1. The lowest BCUT2D eigenvalue weighted by Crippen LogP contribution is -2.15. The number of amides is 1.